The van der Waals surface area contributed by atoms with Gasteiger partial charge in [-0.1, -0.05) is 17.3 Å². The Morgan fingerprint density at radius 3 is 2.32 bits per heavy atom. The average molecular weight is 388 g/mol. The SMILES string of the molecule is Cc1nnsc1C(=O)NCCC1CCC(CS(=O)(=O)C(C)(C)C)CC1. The highest BCUT2D eigenvalue weighted by Gasteiger charge is 2.33. The molecule has 142 valence electrons. The fourth-order valence-corrected chi connectivity index (χ4v) is 5.18. The van der Waals surface area contributed by atoms with Gasteiger partial charge in [0.15, 0.2) is 9.84 Å². The highest BCUT2D eigenvalue weighted by atomic mass is 32.2. The Balaban J connectivity index is 1.71. The molecule has 6 nitrogen and oxygen atoms in total. The van der Waals surface area contributed by atoms with E-state index < -0.39 is 14.6 Å². The van der Waals surface area contributed by atoms with Crippen LogP contribution in [0.2, 0.25) is 0 Å². The predicted molar refractivity (Wildman–Crippen MR) is 101 cm³/mol. The molecule has 0 aliphatic heterocycles. The smallest absolute Gasteiger partial charge is 0.264 e. The summed E-state index contributed by atoms with van der Waals surface area (Å²) in [6, 6.07) is 0. The van der Waals surface area contributed by atoms with Crippen LogP contribution in [0, 0.1) is 18.8 Å². The summed E-state index contributed by atoms with van der Waals surface area (Å²) in [6.45, 7) is 7.75. The molecular weight excluding hydrogens is 358 g/mol. The van der Waals surface area contributed by atoms with Gasteiger partial charge in [0.2, 0.25) is 0 Å². The Hall–Kier alpha value is -1.02. The van der Waals surface area contributed by atoms with E-state index in [0.29, 0.717) is 28.8 Å². The first-order valence-corrected chi connectivity index (χ1v) is 11.3. The van der Waals surface area contributed by atoms with Gasteiger partial charge < -0.3 is 5.32 Å². The molecule has 0 saturated heterocycles. The van der Waals surface area contributed by atoms with Gasteiger partial charge in [-0.2, -0.15) is 0 Å². The van der Waals surface area contributed by atoms with Gasteiger partial charge in [0.1, 0.15) is 4.88 Å². The molecule has 1 amide bonds. The second-order valence-electron chi connectivity index (χ2n) is 8.01. The molecule has 1 N–H and O–H groups in total. The summed E-state index contributed by atoms with van der Waals surface area (Å²) in [5.74, 6) is 1.05. The number of aryl methyl sites for hydroxylation is 1. The van der Waals surface area contributed by atoms with E-state index in [4.69, 9.17) is 0 Å². The Morgan fingerprint density at radius 2 is 1.80 bits per heavy atom. The number of hydrogen-bond acceptors (Lipinski definition) is 6. The third kappa shape index (κ3) is 5.48. The quantitative estimate of drug-likeness (QED) is 0.810. The number of rotatable bonds is 6. The van der Waals surface area contributed by atoms with Crippen molar-refractivity contribution in [2.75, 3.05) is 12.3 Å². The summed E-state index contributed by atoms with van der Waals surface area (Å²) >= 11 is 1.12. The first kappa shape index (κ1) is 20.3. The Bertz CT molecular complexity index is 684. The third-order valence-corrected chi connectivity index (χ3v) is 8.65. The first-order chi connectivity index (χ1) is 11.6. The number of carbonyl (C=O) groups excluding carboxylic acids is 1. The van der Waals surface area contributed by atoms with E-state index in [9.17, 15) is 13.2 Å². The van der Waals surface area contributed by atoms with Crippen LogP contribution in [0.5, 0.6) is 0 Å². The van der Waals surface area contributed by atoms with Crippen LogP contribution in [0.25, 0.3) is 0 Å². The van der Waals surface area contributed by atoms with E-state index in [1.165, 1.54) is 0 Å². The van der Waals surface area contributed by atoms with Crippen molar-refractivity contribution in [2.45, 2.75) is 64.5 Å². The average Bonchev–Trinajstić information content (AvgIpc) is 2.93. The van der Waals surface area contributed by atoms with Crippen LogP contribution < -0.4 is 5.32 Å². The lowest BCUT2D eigenvalue weighted by Gasteiger charge is -2.30. The number of amides is 1. The van der Waals surface area contributed by atoms with Crippen molar-refractivity contribution in [2.24, 2.45) is 11.8 Å². The topological polar surface area (TPSA) is 89.0 Å². The predicted octanol–water partition coefficient (Wildman–Crippen LogP) is 2.99. The zero-order valence-corrected chi connectivity index (χ0v) is 17.2. The van der Waals surface area contributed by atoms with Crippen LogP contribution in [0.4, 0.5) is 0 Å². The zero-order valence-electron chi connectivity index (χ0n) is 15.5. The van der Waals surface area contributed by atoms with Crippen molar-refractivity contribution >= 4 is 27.3 Å². The molecule has 0 bridgehead atoms. The van der Waals surface area contributed by atoms with Crippen LogP contribution >= 0.6 is 11.5 Å². The van der Waals surface area contributed by atoms with Crippen LogP contribution in [-0.4, -0.2) is 41.0 Å². The number of carbonyl (C=O) groups is 1. The van der Waals surface area contributed by atoms with Crippen molar-refractivity contribution in [1.29, 1.82) is 0 Å². The molecule has 0 radical (unpaired) electrons. The molecular formula is C17H29N3O3S2. The molecule has 1 heterocycles. The molecule has 2 rings (SSSR count). The van der Waals surface area contributed by atoms with Crippen molar-refractivity contribution in [3.63, 3.8) is 0 Å². The van der Waals surface area contributed by atoms with Crippen LogP contribution in [-0.2, 0) is 9.84 Å². The Kier molecular flexibility index (Phi) is 6.59. The molecule has 1 fully saturated rings. The second kappa shape index (κ2) is 8.12. The summed E-state index contributed by atoms with van der Waals surface area (Å²) in [5, 5.41) is 6.79. The second-order valence-corrected chi connectivity index (χ2v) is 11.6. The molecule has 1 aliphatic rings. The standard InChI is InChI=1S/C17H29N3O3S2/c1-12-15(24-20-19-12)16(21)18-10-9-13-5-7-14(8-6-13)11-25(22,23)17(2,3)4/h13-14H,5-11H2,1-4H3,(H,18,21). The van der Waals surface area contributed by atoms with Gasteiger partial charge in [-0.15, -0.1) is 5.10 Å². The highest BCUT2D eigenvalue weighted by molar-refractivity contribution is 7.92. The van der Waals surface area contributed by atoms with E-state index in [2.05, 4.69) is 14.9 Å². The highest BCUT2D eigenvalue weighted by Crippen LogP contribution is 2.33. The molecule has 0 spiro atoms. The third-order valence-electron chi connectivity index (χ3n) is 5.05. The lowest BCUT2D eigenvalue weighted by atomic mass is 9.81. The van der Waals surface area contributed by atoms with Crippen molar-refractivity contribution in [3.05, 3.63) is 10.6 Å². The maximum Gasteiger partial charge on any atom is 0.264 e. The summed E-state index contributed by atoms with van der Waals surface area (Å²) in [5.41, 5.74) is 0.670. The van der Waals surface area contributed by atoms with E-state index >= 15 is 0 Å². The number of nitrogens with one attached hydrogen (secondary N) is 1. The summed E-state index contributed by atoms with van der Waals surface area (Å²) < 4.78 is 27.8. The molecule has 1 aliphatic carbocycles. The monoisotopic (exact) mass is 387 g/mol. The number of sulfone groups is 1. The van der Waals surface area contributed by atoms with Gasteiger partial charge in [-0.25, -0.2) is 8.42 Å². The number of nitrogens with zero attached hydrogens (tertiary/aromatic N) is 2. The fourth-order valence-electron chi connectivity index (χ4n) is 3.16. The minimum atomic E-state index is -3.04. The van der Waals surface area contributed by atoms with Gasteiger partial charge in [0.05, 0.1) is 16.2 Å². The number of aromatic nitrogens is 2. The maximum absolute atomic E-state index is 12.3. The molecule has 0 aromatic carbocycles. The molecule has 1 aromatic rings. The lowest BCUT2D eigenvalue weighted by molar-refractivity contribution is 0.0953. The molecule has 0 unspecified atom stereocenters. The largest absolute Gasteiger partial charge is 0.351 e. The zero-order chi connectivity index (χ0) is 18.7. The molecule has 25 heavy (non-hydrogen) atoms. The normalized spacial score (nSPS) is 21.9. The lowest BCUT2D eigenvalue weighted by Crippen LogP contribution is -2.34. The minimum Gasteiger partial charge on any atom is -0.351 e. The van der Waals surface area contributed by atoms with Crippen LogP contribution in [0.15, 0.2) is 0 Å². The molecule has 1 saturated carbocycles. The Labute approximate surface area is 154 Å². The van der Waals surface area contributed by atoms with E-state index in [-0.39, 0.29) is 11.8 Å². The van der Waals surface area contributed by atoms with E-state index in [1.807, 2.05) is 0 Å². The molecule has 0 atom stereocenters. The Morgan fingerprint density at radius 1 is 1.20 bits per heavy atom. The van der Waals surface area contributed by atoms with Crippen molar-refractivity contribution < 1.29 is 13.2 Å². The van der Waals surface area contributed by atoms with Crippen molar-refractivity contribution in [1.82, 2.24) is 14.9 Å². The van der Waals surface area contributed by atoms with Gasteiger partial charge in [0.25, 0.3) is 5.91 Å². The van der Waals surface area contributed by atoms with E-state index in [1.54, 1.807) is 27.7 Å². The molecule has 8 heteroatoms. The minimum absolute atomic E-state index is 0.0996. The van der Waals surface area contributed by atoms with Crippen LogP contribution in [0.3, 0.4) is 0 Å². The van der Waals surface area contributed by atoms with Gasteiger partial charge in [0, 0.05) is 6.54 Å². The summed E-state index contributed by atoms with van der Waals surface area (Å²) in [6.07, 6.45) is 4.95. The summed E-state index contributed by atoms with van der Waals surface area (Å²) in [7, 11) is -3.04. The molecule has 1 aromatic heterocycles. The van der Waals surface area contributed by atoms with Crippen LogP contribution in [0.1, 0.15) is 68.2 Å². The summed E-state index contributed by atoms with van der Waals surface area (Å²) in [4.78, 5) is 12.6. The van der Waals surface area contributed by atoms with Gasteiger partial charge >= 0.3 is 0 Å². The fraction of sp³-hybridized carbons (Fsp3) is 0.824. The first-order valence-electron chi connectivity index (χ1n) is 8.89. The van der Waals surface area contributed by atoms with Crippen molar-refractivity contribution in [3.8, 4) is 0 Å². The van der Waals surface area contributed by atoms with E-state index in [0.717, 1.165) is 43.6 Å². The number of hydrogen-bond donors (Lipinski definition) is 1. The van der Waals surface area contributed by atoms with Gasteiger partial charge in [-0.3, -0.25) is 4.79 Å². The van der Waals surface area contributed by atoms with Gasteiger partial charge in [-0.05, 0) is 70.3 Å². The maximum atomic E-state index is 12.3.